The van der Waals surface area contributed by atoms with Crippen LogP contribution in [0.5, 0.6) is 5.75 Å². The van der Waals surface area contributed by atoms with E-state index in [0.717, 1.165) is 18.7 Å². The van der Waals surface area contributed by atoms with Gasteiger partial charge in [0.1, 0.15) is 5.75 Å². The van der Waals surface area contributed by atoms with Gasteiger partial charge >= 0.3 is 0 Å². The number of H-pyrrole nitrogens is 1. The van der Waals surface area contributed by atoms with Crippen LogP contribution in [0.4, 0.5) is 0 Å². The Hall–Kier alpha value is -2.33. The van der Waals surface area contributed by atoms with E-state index in [1.807, 2.05) is 13.0 Å². The summed E-state index contributed by atoms with van der Waals surface area (Å²) in [6.45, 7) is 5.49. The quantitative estimate of drug-likeness (QED) is 0.633. The minimum Gasteiger partial charge on any atom is -0.506 e. The Bertz CT molecular complexity index is 792. The Kier molecular flexibility index (Phi) is 4.11. The summed E-state index contributed by atoms with van der Waals surface area (Å²) in [7, 11) is 0. The van der Waals surface area contributed by atoms with Crippen molar-refractivity contribution >= 4 is 10.9 Å². The first-order valence-electron chi connectivity index (χ1n) is 7.57. The van der Waals surface area contributed by atoms with Crippen molar-refractivity contribution in [1.82, 2.24) is 15.3 Å². The molecule has 4 nitrogen and oxygen atoms in total. The van der Waals surface area contributed by atoms with E-state index in [0.29, 0.717) is 12.2 Å². The van der Waals surface area contributed by atoms with Crippen LogP contribution in [0.15, 0.2) is 36.5 Å². The number of aromatic amines is 1. The molecule has 3 N–H and O–H groups in total. The third kappa shape index (κ3) is 2.97. The lowest BCUT2D eigenvalue weighted by Gasteiger charge is -2.07. The molecule has 0 spiro atoms. The lowest BCUT2D eigenvalue weighted by atomic mass is 10.1. The van der Waals surface area contributed by atoms with Gasteiger partial charge in [0.25, 0.3) is 0 Å². The summed E-state index contributed by atoms with van der Waals surface area (Å²) < 4.78 is 0. The molecule has 22 heavy (non-hydrogen) atoms. The van der Waals surface area contributed by atoms with E-state index in [1.54, 1.807) is 6.07 Å². The molecule has 2 heterocycles. The van der Waals surface area contributed by atoms with Crippen molar-refractivity contribution in [2.75, 3.05) is 6.54 Å². The van der Waals surface area contributed by atoms with E-state index in [9.17, 15) is 5.11 Å². The van der Waals surface area contributed by atoms with Gasteiger partial charge in [0.05, 0.1) is 5.69 Å². The number of benzene rings is 1. The van der Waals surface area contributed by atoms with Gasteiger partial charge in [0.15, 0.2) is 0 Å². The zero-order chi connectivity index (χ0) is 15.5. The first-order chi connectivity index (χ1) is 10.6. The van der Waals surface area contributed by atoms with E-state index in [4.69, 9.17) is 0 Å². The Morgan fingerprint density at radius 2 is 2.05 bits per heavy atom. The summed E-state index contributed by atoms with van der Waals surface area (Å²) in [6, 6.07) is 9.83. The molecule has 1 aromatic carbocycles. The van der Waals surface area contributed by atoms with Gasteiger partial charge in [0.2, 0.25) is 0 Å². The highest BCUT2D eigenvalue weighted by atomic mass is 16.3. The molecule has 0 aliphatic carbocycles. The molecule has 0 atom stereocenters. The standard InChI is InChI=1S/C18H21N3O/c1-12-4-3-5-15-18(12)14(10-20-15)8-9-19-11-16-17(22)7-6-13(2)21-16/h3-7,10,19-20,22H,8-9,11H2,1-2H3. The summed E-state index contributed by atoms with van der Waals surface area (Å²) in [4.78, 5) is 7.68. The van der Waals surface area contributed by atoms with Gasteiger partial charge in [-0.05, 0) is 56.1 Å². The van der Waals surface area contributed by atoms with Crippen LogP contribution in [-0.4, -0.2) is 21.6 Å². The second-order valence-electron chi connectivity index (χ2n) is 5.66. The topological polar surface area (TPSA) is 60.9 Å². The van der Waals surface area contributed by atoms with Crippen molar-refractivity contribution in [2.24, 2.45) is 0 Å². The monoisotopic (exact) mass is 295 g/mol. The lowest BCUT2D eigenvalue weighted by molar-refractivity contribution is 0.459. The van der Waals surface area contributed by atoms with E-state index in [1.165, 1.54) is 22.0 Å². The van der Waals surface area contributed by atoms with Crippen molar-refractivity contribution in [2.45, 2.75) is 26.8 Å². The van der Waals surface area contributed by atoms with Crippen LogP contribution in [0.25, 0.3) is 10.9 Å². The molecule has 3 aromatic rings. The molecular weight excluding hydrogens is 274 g/mol. The number of hydrogen-bond acceptors (Lipinski definition) is 3. The fourth-order valence-electron chi connectivity index (χ4n) is 2.81. The molecule has 0 bridgehead atoms. The van der Waals surface area contributed by atoms with Crippen molar-refractivity contribution in [1.29, 1.82) is 0 Å². The van der Waals surface area contributed by atoms with Gasteiger partial charge < -0.3 is 15.4 Å². The molecule has 0 fully saturated rings. The summed E-state index contributed by atoms with van der Waals surface area (Å²) in [5.41, 5.74) is 5.43. The van der Waals surface area contributed by atoms with E-state index < -0.39 is 0 Å². The maximum absolute atomic E-state index is 9.79. The predicted molar refractivity (Wildman–Crippen MR) is 89.1 cm³/mol. The van der Waals surface area contributed by atoms with Gasteiger partial charge in [-0.15, -0.1) is 0 Å². The second kappa shape index (κ2) is 6.20. The SMILES string of the molecule is Cc1ccc(O)c(CNCCc2c[nH]c3cccc(C)c23)n1. The van der Waals surface area contributed by atoms with Crippen molar-refractivity contribution in [3.05, 3.63) is 59.0 Å². The second-order valence-corrected chi connectivity index (χ2v) is 5.66. The third-order valence-corrected chi connectivity index (χ3v) is 3.95. The normalized spacial score (nSPS) is 11.2. The molecule has 2 aromatic heterocycles. The average molecular weight is 295 g/mol. The maximum atomic E-state index is 9.79. The molecule has 3 rings (SSSR count). The molecule has 0 aliphatic heterocycles. The number of rotatable bonds is 5. The highest BCUT2D eigenvalue weighted by Crippen LogP contribution is 2.22. The fourth-order valence-corrected chi connectivity index (χ4v) is 2.81. The largest absolute Gasteiger partial charge is 0.506 e. The molecule has 0 aliphatic rings. The van der Waals surface area contributed by atoms with Crippen molar-refractivity contribution in [3.8, 4) is 5.75 Å². The molecule has 0 saturated carbocycles. The van der Waals surface area contributed by atoms with Crippen LogP contribution >= 0.6 is 0 Å². The molecule has 4 heteroatoms. The Balaban J connectivity index is 1.62. The van der Waals surface area contributed by atoms with Crippen molar-refractivity contribution < 1.29 is 5.11 Å². The fraction of sp³-hybridized carbons (Fsp3) is 0.278. The Morgan fingerprint density at radius 3 is 2.91 bits per heavy atom. The average Bonchev–Trinajstić information content (AvgIpc) is 2.92. The van der Waals surface area contributed by atoms with Crippen LogP contribution in [0.1, 0.15) is 22.5 Å². The number of pyridine rings is 1. The predicted octanol–water partition coefficient (Wildman–Crippen LogP) is 3.22. The summed E-state index contributed by atoms with van der Waals surface area (Å²) in [6.07, 6.45) is 3.03. The maximum Gasteiger partial charge on any atom is 0.138 e. The molecule has 0 radical (unpaired) electrons. The zero-order valence-corrected chi connectivity index (χ0v) is 13.0. The first kappa shape index (κ1) is 14.6. The molecule has 0 saturated heterocycles. The van der Waals surface area contributed by atoms with Gasteiger partial charge in [-0.2, -0.15) is 0 Å². The smallest absolute Gasteiger partial charge is 0.138 e. The highest BCUT2D eigenvalue weighted by molar-refractivity contribution is 5.86. The number of fused-ring (bicyclic) bond motifs is 1. The lowest BCUT2D eigenvalue weighted by Crippen LogP contribution is -2.17. The minimum atomic E-state index is 0.251. The Labute approximate surface area is 130 Å². The summed E-state index contributed by atoms with van der Waals surface area (Å²) in [5, 5.41) is 14.5. The molecule has 0 amide bonds. The van der Waals surface area contributed by atoms with Crippen LogP contribution in [-0.2, 0) is 13.0 Å². The minimum absolute atomic E-state index is 0.251. The van der Waals surface area contributed by atoms with E-state index >= 15 is 0 Å². The number of aromatic hydroxyl groups is 1. The molecule has 0 unspecified atom stereocenters. The molecule has 114 valence electrons. The van der Waals surface area contributed by atoms with Gasteiger partial charge in [-0.3, -0.25) is 4.98 Å². The van der Waals surface area contributed by atoms with Crippen LogP contribution in [0.2, 0.25) is 0 Å². The van der Waals surface area contributed by atoms with Crippen molar-refractivity contribution in [3.63, 3.8) is 0 Å². The van der Waals surface area contributed by atoms with Gasteiger partial charge in [-0.1, -0.05) is 12.1 Å². The van der Waals surface area contributed by atoms with E-state index in [-0.39, 0.29) is 5.75 Å². The first-order valence-corrected chi connectivity index (χ1v) is 7.57. The van der Waals surface area contributed by atoms with E-state index in [2.05, 4.69) is 46.6 Å². The zero-order valence-electron chi connectivity index (χ0n) is 13.0. The van der Waals surface area contributed by atoms with Crippen LogP contribution in [0.3, 0.4) is 0 Å². The van der Waals surface area contributed by atoms with Crippen LogP contribution in [0, 0.1) is 13.8 Å². The van der Waals surface area contributed by atoms with Crippen LogP contribution < -0.4 is 5.32 Å². The van der Waals surface area contributed by atoms with Gasteiger partial charge in [0, 0.05) is 29.3 Å². The number of hydrogen-bond donors (Lipinski definition) is 3. The Morgan fingerprint density at radius 1 is 1.18 bits per heavy atom. The molecular formula is C18H21N3O. The summed E-state index contributed by atoms with van der Waals surface area (Å²) in [5.74, 6) is 0.251. The number of aromatic nitrogens is 2. The number of nitrogens with zero attached hydrogens (tertiary/aromatic N) is 1. The third-order valence-electron chi connectivity index (χ3n) is 3.95. The van der Waals surface area contributed by atoms with Gasteiger partial charge in [-0.25, -0.2) is 0 Å². The highest BCUT2D eigenvalue weighted by Gasteiger charge is 2.06. The summed E-state index contributed by atoms with van der Waals surface area (Å²) >= 11 is 0. The number of nitrogens with one attached hydrogen (secondary N) is 2. The number of aryl methyl sites for hydroxylation is 2.